The van der Waals surface area contributed by atoms with Gasteiger partial charge in [-0.05, 0) is 50.5 Å². The van der Waals surface area contributed by atoms with Crippen molar-refractivity contribution in [1.29, 1.82) is 0 Å². The lowest BCUT2D eigenvalue weighted by molar-refractivity contribution is -0.896. The third kappa shape index (κ3) is 3.33. The molecule has 1 amide bonds. The number of carboxylic acids is 1. The molecule has 6 heteroatoms. The molecule has 3 rings (SSSR count). The van der Waals surface area contributed by atoms with Gasteiger partial charge in [0.1, 0.15) is 5.00 Å². The summed E-state index contributed by atoms with van der Waals surface area (Å²) in [5, 5.41) is 14.8. The van der Waals surface area contributed by atoms with Crippen LogP contribution in [0.15, 0.2) is 0 Å². The minimum atomic E-state index is -1.17. The number of carboxylic acid groups (broad SMARTS) is 1. The number of anilines is 1. The lowest BCUT2D eigenvalue weighted by atomic mass is 9.95. The summed E-state index contributed by atoms with van der Waals surface area (Å²) >= 11 is 1.42. The summed E-state index contributed by atoms with van der Waals surface area (Å²) in [5.74, 6) is -1.25. The third-order valence-electron chi connectivity index (χ3n) is 4.60. The van der Waals surface area contributed by atoms with E-state index in [1.165, 1.54) is 35.5 Å². The van der Waals surface area contributed by atoms with E-state index >= 15 is 0 Å². The lowest BCUT2D eigenvalue weighted by Gasteiger charge is -2.22. The molecule has 1 aromatic rings. The van der Waals surface area contributed by atoms with Crippen LogP contribution in [0.2, 0.25) is 0 Å². The molecule has 2 aliphatic rings. The number of amides is 1. The second kappa shape index (κ2) is 6.79. The first-order chi connectivity index (χ1) is 10.6. The SMILES string of the molecule is O=C(C[NH+]1CCCCC1)Nc1sc2c(c1C(=O)[O-])CCCC2. The van der Waals surface area contributed by atoms with Gasteiger partial charge in [0.15, 0.2) is 6.54 Å². The fourth-order valence-electron chi connectivity index (χ4n) is 3.50. The average molecular weight is 322 g/mol. The Bertz CT molecular complexity index is 576. The van der Waals surface area contributed by atoms with Crippen molar-refractivity contribution in [2.75, 3.05) is 25.0 Å². The summed E-state index contributed by atoms with van der Waals surface area (Å²) in [6.45, 7) is 2.48. The van der Waals surface area contributed by atoms with Gasteiger partial charge in [0.05, 0.1) is 19.1 Å². The largest absolute Gasteiger partial charge is 0.545 e. The van der Waals surface area contributed by atoms with Gasteiger partial charge in [-0.1, -0.05) is 0 Å². The van der Waals surface area contributed by atoms with E-state index in [9.17, 15) is 14.7 Å². The highest BCUT2D eigenvalue weighted by Gasteiger charge is 2.24. The van der Waals surface area contributed by atoms with E-state index in [2.05, 4.69) is 5.32 Å². The molecular formula is C16H22N2O3S. The van der Waals surface area contributed by atoms with E-state index in [0.717, 1.165) is 49.2 Å². The highest BCUT2D eigenvalue weighted by atomic mass is 32.1. The molecule has 0 unspecified atom stereocenters. The molecule has 22 heavy (non-hydrogen) atoms. The predicted molar refractivity (Wildman–Crippen MR) is 83.3 cm³/mol. The monoisotopic (exact) mass is 322 g/mol. The molecule has 1 aliphatic heterocycles. The van der Waals surface area contributed by atoms with Gasteiger partial charge in [0.2, 0.25) is 0 Å². The van der Waals surface area contributed by atoms with E-state index in [1.807, 2.05) is 0 Å². The number of quaternary nitrogens is 1. The van der Waals surface area contributed by atoms with Crippen LogP contribution in [-0.4, -0.2) is 31.5 Å². The minimum Gasteiger partial charge on any atom is -0.545 e. The molecule has 0 radical (unpaired) electrons. The maximum absolute atomic E-state index is 12.2. The van der Waals surface area contributed by atoms with Crippen LogP contribution in [0.5, 0.6) is 0 Å². The zero-order valence-electron chi connectivity index (χ0n) is 12.7. The van der Waals surface area contributed by atoms with Crippen LogP contribution < -0.4 is 15.3 Å². The summed E-state index contributed by atoms with van der Waals surface area (Å²) in [6.07, 6.45) is 7.37. The number of aryl methyl sites for hydroxylation is 1. The molecule has 0 atom stereocenters. The van der Waals surface area contributed by atoms with Crippen LogP contribution in [0.25, 0.3) is 0 Å². The Morgan fingerprint density at radius 3 is 2.55 bits per heavy atom. The van der Waals surface area contributed by atoms with E-state index in [0.29, 0.717) is 11.5 Å². The molecule has 1 fully saturated rings. The van der Waals surface area contributed by atoms with Crippen LogP contribution >= 0.6 is 11.3 Å². The maximum Gasteiger partial charge on any atom is 0.280 e. The molecular weight excluding hydrogens is 300 g/mol. The molecule has 0 spiro atoms. The van der Waals surface area contributed by atoms with Gasteiger partial charge in [0.25, 0.3) is 5.91 Å². The Balaban J connectivity index is 1.72. The summed E-state index contributed by atoms with van der Waals surface area (Å²) in [7, 11) is 0. The van der Waals surface area contributed by atoms with Crippen LogP contribution in [0.3, 0.4) is 0 Å². The highest BCUT2D eigenvalue weighted by molar-refractivity contribution is 7.17. The van der Waals surface area contributed by atoms with Crippen molar-refractivity contribution in [3.8, 4) is 0 Å². The van der Waals surface area contributed by atoms with Gasteiger partial charge in [-0.15, -0.1) is 11.3 Å². The van der Waals surface area contributed by atoms with Gasteiger partial charge in [-0.25, -0.2) is 0 Å². The number of hydrogen-bond donors (Lipinski definition) is 2. The molecule has 1 aliphatic carbocycles. The van der Waals surface area contributed by atoms with Crippen LogP contribution in [-0.2, 0) is 17.6 Å². The molecule has 5 nitrogen and oxygen atoms in total. The smallest absolute Gasteiger partial charge is 0.280 e. The van der Waals surface area contributed by atoms with Crippen molar-refractivity contribution in [1.82, 2.24) is 0 Å². The first-order valence-corrected chi connectivity index (χ1v) is 8.96. The topological polar surface area (TPSA) is 73.7 Å². The lowest BCUT2D eigenvalue weighted by Crippen LogP contribution is -3.13. The minimum absolute atomic E-state index is 0.0852. The number of piperidine rings is 1. The molecule has 1 aromatic heterocycles. The Morgan fingerprint density at radius 2 is 1.82 bits per heavy atom. The fraction of sp³-hybridized carbons (Fsp3) is 0.625. The number of likely N-dealkylation sites (tertiary alicyclic amines) is 1. The number of aromatic carboxylic acids is 1. The van der Waals surface area contributed by atoms with Gasteiger partial charge in [0, 0.05) is 10.4 Å². The number of hydrogen-bond acceptors (Lipinski definition) is 4. The van der Waals surface area contributed by atoms with E-state index in [4.69, 9.17) is 0 Å². The first-order valence-electron chi connectivity index (χ1n) is 8.14. The summed E-state index contributed by atoms with van der Waals surface area (Å²) < 4.78 is 0. The first kappa shape index (κ1) is 15.5. The average Bonchev–Trinajstić information content (AvgIpc) is 2.85. The standard InChI is InChI=1S/C16H22N2O3S/c19-13(10-18-8-4-1-5-9-18)17-15-14(16(20)21)11-6-2-3-7-12(11)22-15/h1-10H2,(H,17,19)(H,20,21). The molecule has 0 bridgehead atoms. The van der Waals surface area contributed by atoms with E-state index < -0.39 is 5.97 Å². The fourth-order valence-corrected chi connectivity index (χ4v) is 4.79. The Morgan fingerprint density at radius 1 is 1.09 bits per heavy atom. The molecule has 2 N–H and O–H groups in total. The normalized spacial score (nSPS) is 18.7. The van der Waals surface area contributed by atoms with Gasteiger partial charge in [-0.2, -0.15) is 0 Å². The molecule has 2 heterocycles. The van der Waals surface area contributed by atoms with Crippen LogP contribution in [0.1, 0.15) is 52.9 Å². The number of thiophene rings is 1. The molecule has 1 saturated heterocycles. The maximum atomic E-state index is 12.2. The summed E-state index contributed by atoms with van der Waals surface area (Å²) in [4.78, 5) is 26.1. The van der Waals surface area contributed by atoms with Crippen LogP contribution in [0, 0.1) is 0 Å². The van der Waals surface area contributed by atoms with Crippen molar-refractivity contribution in [3.63, 3.8) is 0 Å². The van der Waals surface area contributed by atoms with Crippen molar-refractivity contribution in [2.45, 2.75) is 44.9 Å². The zero-order valence-corrected chi connectivity index (χ0v) is 13.5. The summed E-state index contributed by atoms with van der Waals surface area (Å²) in [6, 6.07) is 0. The van der Waals surface area contributed by atoms with E-state index in [-0.39, 0.29) is 11.5 Å². The number of nitrogens with one attached hydrogen (secondary N) is 2. The van der Waals surface area contributed by atoms with Crippen molar-refractivity contribution < 1.29 is 19.6 Å². The molecule has 0 saturated carbocycles. The van der Waals surface area contributed by atoms with Crippen molar-refractivity contribution in [2.24, 2.45) is 0 Å². The Hall–Kier alpha value is -1.40. The molecule has 120 valence electrons. The molecule has 0 aromatic carbocycles. The summed E-state index contributed by atoms with van der Waals surface area (Å²) in [5.41, 5.74) is 1.11. The second-order valence-electron chi connectivity index (χ2n) is 6.24. The Labute approximate surface area is 134 Å². The predicted octanol–water partition coefficient (Wildman–Crippen LogP) is -0.00230. The number of carbonyl (C=O) groups excluding carboxylic acids is 2. The van der Waals surface area contributed by atoms with E-state index in [1.54, 1.807) is 0 Å². The quantitative estimate of drug-likeness (QED) is 0.819. The number of carbonyl (C=O) groups is 2. The number of fused-ring (bicyclic) bond motifs is 1. The van der Waals surface area contributed by atoms with Gasteiger partial charge >= 0.3 is 0 Å². The third-order valence-corrected chi connectivity index (χ3v) is 5.81. The Kier molecular flexibility index (Phi) is 4.78. The van der Waals surface area contributed by atoms with Crippen molar-refractivity contribution in [3.05, 3.63) is 16.0 Å². The zero-order chi connectivity index (χ0) is 15.5. The highest BCUT2D eigenvalue weighted by Crippen LogP contribution is 2.37. The van der Waals surface area contributed by atoms with Crippen LogP contribution in [0.4, 0.5) is 5.00 Å². The van der Waals surface area contributed by atoms with Gasteiger partial charge < -0.3 is 20.1 Å². The van der Waals surface area contributed by atoms with Crippen molar-refractivity contribution >= 4 is 28.2 Å². The number of rotatable bonds is 4. The van der Waals surface area contributed by atoms with Gasteiger partial charge in [-0.3, -0.25) is 4.79 Å². The second-order valence-corrected chi connectivity index (χ2v) is 7.34.